The van der Waals surface area contributed by atoms with Gasteiger partial charge in [-0.3, -0.25) is 9.89 Å². The molecule has 0 aliphatic carbocycles. The number of likely N-dealkylation sites (N-methyl/N-ethyl adjacent to an activating group) is 1. The van der Waals surface area contributed by atoms with Gasteiger partial charge in [0.05, 0.1) is 17.1 Å². The van der Waals surface area contributed by atoms with Gasteiger partial charge in [-0.25, -0.2) is 0 Å². The molecular formula is C23H26BrN5O. The molecule has 1 fully saturated rings. The summed E-state index contributed by atoms with van der Waals surface area (Å²) in [5, 5.41) is 10.4. The summed E-state index contributed by atoms with van der Waals surface area (Å²) in [4.78, 5) is 16.9. The zero-order valence-electron chi connectivity index (χ0n) is 17.3. The van der Waals surface area contributed by atoms with E-state index in [1.807, 2.05) is 37.3 Å². The van der Waals surface area contributed by atoms with Gasteiger partial charge in [0, 0.05) is 53.9 Å². The van der Waals surface area contributed by atoms with Gasteiger partial charge in [-0.05, 0) is 60.2 Å². The number of rotatable bonds is 5. The molecule has 3 aromatic rings. The number of carbonyl (C=O) groups is 1. The Hall–Kier alpha value is -2.64. The Morgan fingerprint density at radius 1 is 1.10 bits per heavy atom. The highest BCUT2D eigenvalue weighted by Crippen LogP contribution is 2.32. The number of aromatic amines is 1. The number of carbonyl (C=O) groups excluding carboxylic acids is 1. The normalized spacial score (nSPS) is 14.7. The fraction of sp³-hybridized carbons (Fsp3) is 0.304. The highest BCUT2D eigenvalue weighted by molar-refractivity contribution is 9.10. The molecule has 0 radical (unpaired) electrons. The van der Waals surface area contributed by atoms with Crippen LogP contribution in [0.3, 0.4) is 0 Å². The third kappa shape index (κ3) is 4.42. The molecular weight excluding hydrogens is 442 g/mol. The Kier molecular flexibility index (Phi) is 6.20. The van der Waals surface area contributed by atoms with Crippen LogP contribution in [0.4, 0.5) is 5.69 Å². The summed E-state index contributed by atoms with van der Waals surface area (Å²) < 4.78 is 1.08. The summed E-state index contributed by atoms with van der Waals surface area (Å²) in [7, 11) is 2.16. The smallest absolute Gasteiger partial charge is 0.251 e. The van der Waals surface area contributed by atoms with E-state index in [9.17, 15) is 4.79 Å². The highest BCUT2D eigenvalue weighted by atomic mass is 79.9. The first-order valence-electron chi connectivity index (χ1n) is 10.2. The Morgan fingerprint density at radius 3 is 2.63 bits per heavy atom. The van der Waals surface area contributed by atoms with Crippen LogP contribution in [0.25, 0.3) is 22.5 Å². The summed E-state index contributed by atoms with van der Waals surface area (Å²) in [5.74, 6) is -0.0708. The maximum absolute atomic E-state index is 12.1. The molecule has 0 unspecified atom stereocenters. The van der Waals surface area contributed by atoms with E-state index < -0.39 is 0 Å². The van der Waals surface area contributed by atoms with Crippen molar-refractivity contribution in [2.75, 3.05) is 44.7 Å². The van der Waals surface area contributed by atoms with E-state index in [0.29, 0.717) is 12.1 Å². The highest BCUT2D eigenvalue weighted by Gasteiger charge is 2.17. The zero-order chi connectivity index (χ0) is 21.1. The lowest BCUT2D eigenvalue weighted by Crippen LogP contribution is -2.44. The molecule has 1 saturated heterocycles. The Labute approximate surface area is 185 Å². The first-order chi connectivity index (χ1) is 14.5. The number of nitrogens with zero attached hydrogens (tertiary/aromatic N) is 3. The molecule has 0 saturated carbocycles. The minimum Gasteiger partial charge on any atom is -0.368 e. The lowest BCUT2D eigenvalue weighted by Gasteiger charge is -2.34. The number of hydrogen-bond donors (Lipinski definition) is 2. The average Bonchev–Trinajstić information content (AvgIpc) is 3.25. The molecule has 30 heavy (non-hydrogen) atoms. The molecule has 1 aromatic heterocycles. The van der Waals surface area contributed by atoms with Crippen molar-refractivity contribution in [3.8, 4) is 22.5 Å². The molecule has 7 heteroatoms. The molecule has 0 spiro atoms. The summed E-state index contributed by atoms with van der Waals surface area (Å²) in [5.41, 5.74) is 5.60. The molecule has 0 atom stereocenters. The van der Waals surface area contributed by atoms with Crippen molar-refractivity contribution < 1.29 is 4.79 Å². The van der Waals surface area contributed by atoms with E-state index in [1.165, 1.54) is 5.69 Å². The van der Waals surface area contributed by atoms with Crippen molar-refractivity contribution in [2.24, 2.45) is 0 Å². The Balaban J connectivity index is 1.55. The van der Waals surface area contributed by atoms with E-state index >= 15 is 0 Å². The topological polar surface area (TPSA) is 64.3 Å². The second-order valence-corrected chi connectivity index (χ2v) is 8.42. The maximum atomic E-state index is 12.1. The van der Waals surface area contributed by atoms with Gasteiger partial charge < -0.3 is 15.1 Å². The van der Waals surface area contributed by atoms with Crippen LogP contribution in [0.1, 0.15) is 17.3 Å². The van der Waals surface area contributed by atoms with E-state index in [-0.39, 0.29) is 5.91 Å². The standard InChI is InChI=1S/C23H26BrN5O/c1-3-25-23(30)18-6-4-5-16(13-18)20-15-21(27-26-20)17-7-8-22(19(24)14-17)29-11-9-28(2)10-12-29/h4-8,13-15H,3,9-12H2,1-2H3,(H,25,30)(H,26,27). The first-order valence-corrected chi connectivity index (χ1v) is 11.0. The lowest BCUT2D eigenvalue weighted by molar-refractivity contribution is 0.0956. The average molecular weight is 468 g/mol. The monoisotopic (exact) mass is 467 g/mol. The number of amides is 1. The van der Waals surface area contributed by atoms with Gasteiger partial charge in [0.25, 0.3) is 5.91 Å². The molecule has 1 aliphatic rings. The number of aromatic nitrogens is 2. The predicted molar refractivity (Wildman–Crippen MR) is 125 cm³/mol. The number of halogens is 1. The number of nitrogens with one attached hydrogen (secondary N) is 2. The molecule has 156 valence electrons. The molecule has 1 aliphatic heterocycles. The summed E-state index contributed by atoms with van der Waals surface area (Å²) in [6.07, 6.45) is 0. The van der Waals surface area contributed by atoms with Crippen molar-refractivity contribution >= 4 is 27.5 Å². The fourth-order valence-electron chi connectivity index (χ4n) is 3.68. The van der Waals surface area contributed by atoms with Gasteiger partial charge in [0.15, 0.2) is 0 Å². The van der Waals surface area contributed by atoms with E-state index in [2.05, 4.69) is 66.5 Å². The van der Waals surface area contributed by atoms with Crippen molar-refractivity contribution in [3.05, 3.63) is 58.6 Å². The van der Waals surface area contributed by atoms with Crippen LogP contribution in [-0.4, -0.2) is 60.8 Å². The Morgan fingerprint density at radius 2 is 1.90 bits per heavy atom. The van der Waals surface area contributed by atoms with Crippen LogP contribution in [0.15, 0.2) is 53.0 Å². The second-order valence-electron chi connectivity index (χ2n) is 7.56. The molecule has 2 heterocycles. The van der Waals surface area contributed by atoms with Gasteiger partial charge in [0.1, 0.15) is 0 Å². The van der Waals surface area contributed by atoms with Crippen LogP contribution < -0.4 is 10.2 Å². The lowest BCUT2D eigenvalue weighted by atomic mass is 10.1. The fourth-order valence-corrected chi connectivity index (χ4v) is 4.31. The van der Waals surface area contributed by atoms with E-state index in [1.54, 1.807) is 0 Å². The minimum absolute atomic E-state index is 0.0708. The summed E-state index contributed by atoms with van der Waals surface area (Å²) in [6.45, 7) is 6.74. The van der Waals surface area contributed by atoms with Crippen LogP contribution in [-0.2, 0) is 0 Å². The molecule has 2 N–H and O–H groups in total. The predicted octanol–water partition coefficient (Wildman–Crippen LogP) is 4.01. The zero-order valence-corrected chi connectivity index (χ0v) is 18.9. The van der Waals surface area contributed by atoms with Crippen molar-refractivity contribution in [2.45, 2.75) is 6.92 Å². The quantitative estimate of drug-likeness (QED) is 0.594. The first kappa shape index (κ1) is 20.6. The molecule has 4 rings (SSSR count). The minimum atomic E-state index is -0.0708. The van der Waals surface area contributed by atoms with Crippen molar-refractivity contribution in [1.82, 2.24) is 20.4 Å². The number of anilines is 1. The number of H-pyrrole nitrogens is 1. The third-order valence-corrected chi connectivity index (χ3v) is 6.07. The van der Waals surface area contributed by atoms with Gasteiger partial charge >= 0.3 is 0 Å². The Bertz CT molecular complexity index is 1040. The van der Waals surface area contributed by atoms with Crippen molar-refractivity contribution in [1.29, 1.82) is 0 Å². The van der Waals surface area contributed by atoms with Crippen LogP contribution >= 0.6 is 15.9 Å². The van der Waals surface area contributed by atoms with E-state index in [0.717, 1.165) is 53.2 Å². The number of benzene rings is 2. The van der Waals surface area contributed by atoms with E-state index in [4.69, 9.17) is 0 Å². The van der Waals surface area contributed by atoms with Gasteiger partial charge in [-0.1, -0.05) is 18.2 Å². The molecule has 6 nitrogen and oxygen atoms in total. The molecule has 1 amide bonds. The number of hydrogen-bond acceptors (Lipinski definition) is 4. The SMILES string of the molecule is CCNC(=O)c1cccc(-c2cc(-c3ccc(N4CCN(C)CC4)c(Br)c3)[nH]n2)c1. The summed E-state index contributed by atoms with van der Waals surface area (Å²) >= 11 is 3.75. The van der Waals surface area contributed by atoms with Crippen LogP contribution in [0, 0.1) is 0 Å². The van der Waals surface area contributed by atoms with Crippen molar-refractivity contribution in [3.63, 3.8) is 0 Å². The van der Waals surface area contributed by atoms with Crippen LogP contribution in [0.2, 0.25) is 0 Å². The van der Waals surface area contributed by atoms with Gasteiger partial charge in [-0.2, -0.15) is 5.10 Å². The molecule has 2 aromatic carbocycles. The summed E-state index contributed by atoms with van der Waals surface area (Å²) in [6, 6.07) is 16.0. The second kappa shape index (κ2) is 9.02. The van der Waals surface area contributed by atoms with Gasteiger partial charge in [-0.15, -0.1) is 0 Å². The maximum Gasteiger partial charge on any atom is 0.251 e. The van der Waals surface area contributed by atoms with Gasteiger partial charge in [0.2, 0.25) is 0 Å². The van der Waals surface area contributed by atoms with Crippen LogP contribution in [0.5, 0.6) is 0 Å². The molecule has 0 bridgehead atoms. The third-order valence-electron chi connectivity index (χ3n) is 5.44. The number of piperazine rings is 1. The largest absolute Gasteiger partial charge is 0.368 e.